The van der Waals surface area contributed by atoms with Crippen LogP contribution in [0.25, 0.3) is 0 Å². The fraction of sp³-hybridized carbons (Fsp3) is 0.529. The van der Waals surface area contributed by atoms with Gasteiger partial charge in [-0.1, -0.05) is 12.8 Å². The Bertz CT molecular complexity index is 645. The monoisotopic (exact) mass is 300 g/mol. The second-order valence-corrected chi connectivity index (χ2v) is 6.45. The van der Waals surface area contributed by atoms with E-state index < -0.39 is 0 Å². The van der Waals surface area contributed by atoms with Crippen molar-refractivity contribution < 1.29 is 14.3 Å². The van der Waals surface area contributed by atoms with E-state index in [4.69, 9.17) is 4.42 Å². The van der Waals surface area contributed by atoms with Gasteiger partial charge in [-0.3, -0.25) is 9.79 Å². The van der Waals surface area contributed by atoms with Crippen molar-refractivity contribution in [1.82, 2.24) is 5.32 Å². The van der Waals surface area contributed by atoms with Crippen LogP contribution in [0.2, 0.25) is 0 Å². The highest BCUT2D eigenvalue weighted by Gasteiger charge is 2.38. The number of aliphatic imine (C=N–C) groups is 1. The zero-order valence-electron chi connectivity index (χ0n) is 12.4. The van der Waals surface area contributed by atoms with Crippen molar-refractivity contribution in [2.75, 3.05) is 0 Å². The number of carbonyl (C=O) groups is 1. The summed E-state index contributed by atoms with van der Waals surface area (Å²) >= 11 is 0. The van der Waals surface area contributed by atoms with E-state index in [-0.39, 0.29) is 23.5 Å². The van der Waals surface area contributed by atoms with Crippen LogP contribution in [0.15, 0.2) is 39.1 Å². The van der Waals surface area contributed by atoms with E-state index >= 15 is 0 Å². The maximum Gasteiger partial charge on any atom is 0.170 e. The van der Waals surface area contributed by atoms with Crippen molar-refractivity contribution in [2.24, 2.45) is 4.99 Å². The Hall–Kier alpha value is -2.04. The average Bonchev–Trinajstić information content (AvgIpc) is 3.16. The lowest BCUT2D eigenvalue weighted by Crippen LogP contribution is -2.39. The summed E-state index contributed by atoms with van der Waals surface area (Å²) in [6.45, 7) is 0. The minimum absolute atomic E-state index is 0.0463. The topological polar surface area (TPSA) is 74.8 Å². The lowest BCUT2D eigenvalue weighted by molar-refractivity contribution is -0.116. The van der Waals surface area contributed by atoms with E-state index in [1.807, 2.05) is 12.1 Å². The first-order valence-electron chi connectivity index (χ1n) is 8.06. The van der Waals surface area contributed by atoms with Crippen LogP contribution in [0.3, 0.4) is 0 Å². The fourth-order valence-electron chi connectivity index (χ4n) is 3.84. The van der Waals surface area contributed by atoms with Gasteiger partial charge in [-0.15, -0.1) is 0 Å². The fourth-order valence-corrected chi connectivity index (χ4v) is 3.84. The summed E-state index contributed by atoms with van der Waals surface area (Å²) in [6.07, 6.45) is 6.96. The van der Waals surface area contributed by atoms with Gasteiger partial charge in [0.15, 0.2) is 5.78 Å². The molecule has 2 N–H and O–H groups in total. The normalized spacial score (nSPS) is 31.7. The Morgan fingerprint density at radius 2 is 2.14 bits per heavy atom. The zero-order valence-corrected chi connectivity index (χ0v) is 12.4. The molecule has 0 saturated heterocycles. The highest BCUT2D eigenvalue weighted by molar-refractivity contribution is 6.23. The van der Waals surface area contributed by atoms with Crippen LogP contribution in [0.5, 0.6) is 0 Å². The molecule has 0 bridgehead atoms. The number of nitrogens with zero attached hydrogens (tertiary/aromatic N) is 1. The summed E-state index contributed by atoms with van der Waals surface area (Å²) in [6, 6.07) is 4.26. The number of rotatable bonds is 2. The molecular formula is C17H20N2O3. The first-order chi connectivity index (χ1) is 10.7. The van der Waals surface area contributed by atoms with Crippen molar-refractivity contribution in [3.8, 4) is 0 Å². The van der Waals surface area contributed by atoms with Gasteiger partial charge < -0.3 is 14.8 Å². The van der Waals surface area contributed by atoms with E-state index in [1.165, 1.54) is 12.8 Å². The second-order valence-electron chi connectivity index (χ2n) is 6.45. The van der Waals surface area contributed by atoms with Gasteiger partial charge in [0.1, 0.15) is 17.4 Å². The maximum atomic E-state index is 12.5. The highest BCUT2D eigenvalue weighted by atomic mass is 16.3. The van der Waals surface area contributed by atoms with Crippen LogP contribution < -0.4 is 5.32 Å². The first-order valence-corrected chi connectivity index (χ1v) is 8.06. The Morgan fingerprint density at radius 3 is 2.86 bits per heavy atom. The number of furan rings is 1. The first kappa shape index (κ1) is 13.6. The van der Waals surface area contributed by atoms with Crippen molar-refractivity contribution in [1.29, 1.82) is 0 Å². The molecule has 116 valence electrons. The summed E-state index contributed by atoms with van der Waals surface area (Å²) < 4.78 is 5.38. The van der Waals surface area contributed by atoms with Crippen LogP contribution in [-0.2, 0) is 4.79 Å². The number of nitrogens with one attached hydrogen (secondary N) is 1. The molecule has 4 rings (SSSR count). The smallest absolute Gasteiger partial charge is 0.170 e. The van der Waals surface area contributed by atoms with Crippen molar-refractivity contribution in [3.05, 3.63) is 35.5 Å². The second kappa shape index (κ2) is 5.30. The number of amidine groups is 1. The molecule has 0 amide bonds. The molecule has 3 atom stereocenters. The average molecular weight is 300 g/mol. The molecule has 1 saturated carbocycles. The van der Waals surface area contributed by atoms with Crippen molar-refractivity contribution in [2.45, 2.75) is 56.5 Å². The standard InChI is InChI=1S/C17H20N2O3/c20-13-8-10(15-6-3-7-22-15)9-14(21)16(13)17-18-11-4-1-2-5-12(11)19-17/h3,6-7,10-12,20H,1-2,4-5,8-9H2,(H,18,19). The highest BCUT2D eigenvalue weighted by Crippen LogP contribution is 2.35. The molecule has 1 aromatic heterocycles. The number of allylic oxidation sites excluding steroid dienone is 1. The zero-order chi connectivity index (χ0) is 15.1. The van der Waals surface area contributed by atoms with Gasteiger partial charge in [0, 0.05) is 24.8 Å². The number of fused-ring (bicyclic) bond motifs is 1. The molecule has 1 aromatic rings. The number of ketones is 1. The molecule has 0 radical (unpaired) electrons. The molecule has 2 aliphatic carbocycles. The van der Waals surface area contributed by atoms with E-state index in [0.717, 1.165) is 18.6 Å². The van der Waals surface area contributed by atoms with Crippen molar-refractivity contribution in [3.63, 3.8) is 0 Å². The minimum atomic E-state index is -0.0736. The van der Waals surface area contributed by atoms with Gasteiger partial charge in [0.25, 0.3) is 0 Å². The molecule has 3 aliphatic rings. The summed E-state index contributed by atoms with van der Waals surface area (Å²) in [5.41, 5.74) is 0.400. The quantitative estimate of drug-likeness (QED) is 0.880. The van der Waals surface area contributed by atoms with Gasteiger partial charge in [-0.2, -0.15) is 0 Å². The predicted octanol–water partition coefficient (Wildman–Crippen LogP) is 2.85. The molecule has 5 nitrogen and oxygen atoms in total. The molecule has 1 aliphatic heterocycles. The number of aliphatic hydroxyl groups is 1. The van der Waals surface area contributed by atoms with Crippen LogP contribution in [0.1, 0.15) is 50.2 Å². The largest absolute Gasteiger partial charge is 0.511 e. The molecule has 3 unspecified atom stereocenters. The Labute approximate surface area is 129 Å². The third-order valence-corrected chi connectivity index (χ3v) is 4.97. The van der Waals surface area contributed by atoms with Crippen LogP contribution in [-0.4, -0.2) is 28.8 Å². The van der Waals surface area contributed by atoms with Gasteiger partial charge >= 0.3 is 0 Å². The molecule has 5 heteroatoms. The van der Waals surface area contributed by atoms with Crippen LogP contribution in [0, 0.1) is 0 Å². The lowest BCUT2D eigenvalue weighted by atomic mass is 9.85. The SMILES string of the molecule is O=C1CC(c2ccco2)CC(O)=C1C1=NC2CCCCC2N1. The molecule has 2 heterocycles. The molecule has 22 heavy (non-hydrogen) atoms. The van der Waals surface area contributed by atoms with Crippen LogP contribution in [0.4, 0.5) is 0 Å². The third kappa shape index (κ3) is 2.25. The van der Waals surface area contributed by atoms with E-state index in [0.29, 0.717) is 30.3 Å². The predicted molar refractivity (Wildman–Crippen MR) is 82.0 cm³/mol. The minimum Gasteiger partial charge on any atom is -0.511 e. The van der Waals surface area contributed by atoms with Gasteiger partial charge in [0.2, 0.25) is 0 Å². The lowest BCUT2D eigenvalue weighted by Gasteiger charge is -2.24. The van der Waals surface area contributed by atoms with E-state index in [9.17, 15) is 9.90 Å². The van der Waals surface area contributed by atoms with E-state index in [1.54, 1.807) is 6.26 Å². The van der Waals surface area contributed by atoms with Crippen LogP contribution >= 0.6 is 0 Å². The Morgan fingerprint density at radius 1 is 1.27 bits per heavy atom. The maximum absolute atomic E-state index is 12.5. The Balaban J connectivity index is 1.59. The summed E-state index contributed by atoms with van der Waals surface area (Å²) in [5, 5.41) is 13.8. The Kier molecular flexibility index (Phi) is 3.28. The number of hydrogen-bond acceptors (Lipinski definition) is 5. The van der Waals surface area contributed by atoms with Gasteiger partial charge in [-0.05, 0) is 25.0 Å². The van der Waals surface area contributed by atoms with E-state index in [2.05, 4.69) is 10.3 Å². The molecular weight excluding hydrogens is 280 g/mol. The number of aliphatic hydroxyl groups excluding tert-OH is 1. The number of carbonyl (C=O) groups excluding carboxylic acids is 1. The van der Waals surface area contributed by atoms with Gasteiger partial charge in [-0.25, -0.2) is 0 Å². The molecule has 0 aromatic carbocycles. The van der Waals surface area contributed by atoms with Gasteiger partial charge in [0.05, 0.1) is 17.9 Å². The number of Topliss-reactive ketones (excluding diaryl/α,β-unsaturated/α-hetero) is 1. The molecule has 0 spiro atoms. The number of hydrogen-bond donors (Lipinski definition) is 2. The summed E-state index contributed by atoms with van der Waals surface area (Å²) in [4.78, 5) is 17.2. The third-order valence-electron chi connectivity index (χ3n) is 4.97. The summed E-state index contributed by atoms with van der Waals surface area (Å²) in [5.74, 6) is 1.39. The van der Waals surface area contributed by atoms with Crippen molar-refractivity contribution >= 4 is 11.6 Å². The summed E-state index contributed by atoms with van der Waals surface area (Å²) in [7, 11) is 0. The molecule has 1 fully saturated rings.